The second-order valence-corrected chi connectivity index (χ2v) is 6.21. The van der Waals surface area contributed by atoms with Crippen LogP contribution in [0.25, 0.3) is 0 Å². The van der Waals surface area contributed by atoms with Crippen molar-refractivity contribution in [1.82, 2.24) is 10.3 Å². The molecule has 0 aliphatic rings. The second-order valence-electron chi connectivity index (χ2n) is 4.81. The number of aromatic nitrogens is 1. The number of hydrogen-bond acceptors (Lipinski definition) is 4. The molecule has 0 saturated carbocycles. The Balaban J connectivity index is 2.53. The first kappa shape index (κ1) is 16.3. The molecule has 19 heavy (non-hydrogen) atoms. The maximum absolute atomic E-state index is 5.43. The molecule has 0 aliphatic carbocycles. The molecule has 0 aromatic carbocycles. The number of methoxy groups -OCH3 is 1. The lowest BCUT2D eigenvalue weighted by atomic mass is 10.1. The van der Waals surface area contributed by atoms with Crippen molar-refractivity contribution < 1.29 is 4.74 Å². The van der Waals surface area contributed by atoms with Crippen LogP contribution in [0.5, 0.6) is 5.75 Å². The van der Waals surface area contributed by atoms with Gasteiger partial charge in [-0.1, -0.05) is 6.92 Å². The summed E-state index contributed by atoms with van der Waals surface area (Å²) in [5.41, 5.74) is 3.32. The van der Waals surface area contributed by atoms with E-state index in [0.29, 0.717) is 6.04 Å². The van der Waals surface area contributed by atoms with Gasteiger partial charge in [-0.2, -0.15) is 11.8 Å². The number of rotatable bonds is 8. The summed E-state index contributed by atoms with van der Waals surface area (Å²) < 4.78 is 5.43. The molecule has 1 rings (SSSR count). The monoisotopic (exact) mass is 282 g/mol. The van der Waals surface area contributed by atoms with E-state index in [1.54, 1.807) is 7.11 Å². The molecule has 1 unspecified atom stereocenters. The molecular formula is C15H26N2OS. The molecule has 1 N–H and O–H groups in total. The molecule has 1 aromatic rings. The lowest BCUT2D eigenvalue weighted by Gasteiger charge is -2.16. The molecule has 0 saturated heterocycles. The number of nitrogens with zero attached hydrogens (tertiary/aromatic N) is 1. The lowest BCUT2D eigenvalue weighted by Crippen LogP contribution is -2.27. The highest BCUT2D eigenvalue weighted by Gasteiger charge is 2.10. The van der Waals surface area contributed by atoms with Gasteiger partial charge >= 0.3 is 0 Å². The molecule has 1 atom stereocenters. The Morgan fingerprint density at radius 3 is 2.79 bits per heavy atom. The number of nitrogens with one attached hydrogen (secondary N) is 1. The molecular weight excluding hydrogens is 256 g/mol. The summed E-state index contributed by atoms with van der Waals surface area (Å²) in [6.07, 6.45) is 3.08. The Hall–Kier alpha value is -0.740. The molecule has 0 aliphatic heterocycles. The van der Waals surface area contributed by atoms with E-state index in [4.69, 9.17) is 4.74 Å². The Morgan fingerprint density at radius 2 is 2.16 bits per heavy atom. The van der Waals surface area contributed by atoms with Crippen LogP contribution in [0.4, 0.5) is 0 Å². The average molecular weight is 282 g/mol. The first-order valence-electron chi connectivity index (χ1n) is 6.90. The number of thioether (sulfide) groups is 1. The van der Waals surface area contributed by atoms with Crippen molar-refractivity contribution in [3.05, 3.63) is 23.0 Å². The van der Waals surface area contributed by atoms with Gasteiger partial charge in [0.1, 0.15) is 5.75 Å². The summed E-state index contributed by atoms with van der Waals surface area (Å²) in [5.74, 6) is 3.37. The normalized spacial score (nSPS) is 12.5. The van der Waals surface area contributed by atoms with E-state index in [1.165, 1.54) is 17.9 Å². The maximum Gasteiger partial charge on any atom is 0.128 e. The van der Waals surface area contributed by atoms with Crippen molar-refractivity contribution in [2.75, 3.05) is 18.6 Å². The predicted octanol–water partition coefficient (Wildman–Crippen LogP) is 3.33. The molecule has 0 amide bonds. The highest BCUT2D eigenvalue weighted by Crippen LogP contribution is 2.23. The third-order valence-electron chi connectivity index (χ3n) is 3.27. The molecule has 0 radical (unpaired) electrons. The van der Waals surface area contributed by atoms with Crippen molar-refractivity contribution in [2.24, 2.45) is 0 Å². The molecule has 1 aromatic heterocycles. The molecule has 0 fully saturated rings. The Labute approximate surface area is 121 Å². The van der Waals surface area contributed by atoms with Crippen LogP contribution in [0.2, 0.25) is 0 Å². The summed E-state index contributed by atoms with van der Waals surface area (Å²) >= 11 is 1.99. The summed E-state index contributed by atoms with van der Waals surface area (Å²) in [5, 5.41) is 3.54. The SMILES string of the molecule is CCSCCC(C)NCc1ncc(C)c(OC)c1C. The molecule has 0 spiro atoms. The highest BCUT2D eigenvalue weighted by molar-refractivity contribution is 7.99. The van der Waals surface area contributed by atoms with Crippen molar-refractivity contribution in [2.45, 2.75) is 46.7 Å². The van der Waals surface area contributed by atoms with Gasteiger partial charge in [0.2, 0.25) is 0 Å². The highest BCUT2D eigenvalue weighted by atomic mass is 32.2. The first-order chi connectivity index (χ1) is 9.10. The minimum atomic E-state index is 0.521. The molecule has 1 heterocycles. The van der Waals surface area contributed by atoms with E-state index in [0.717, 1.165) is 29.1 Å². The topological polar surface area (TPSA) is 34.2 Å². The van der Waals surface area contributed by atoms with Gasteiger partial charge in [0.25, 0.3) is 0 Å². The summed E-state index contributed by atoms with van der Waals surface area (Å²) in [6, 6.07) is 0.521. The third-order valence-corrected chi connectivity index (χ3v) is 4.20. The zero-order chi connectivity index (χ0) is 14.3. The van der Waals surface area contributed by atoms with E-state index in [2.05, 4.69) is 31.1 Å². The van der Waals surface area contributed by atoms with E-state index in [9.17, 15) is 0 Å². The van der Waals surface area contributed by atoms with Gasteiger partial charge in [-0.05, 0) is 38.7 Å². The van der Waals surface area contributed by atoms with E-state index in [1.807, 2.05) is 24.9 Å². The molecule has 0 bridgehead atoms. The Morgan fingerprint density at radius 1 is 1.42 bits per heavy atom. The fourth-order valence-electron chi connectivity index (χ4n) is 2.03. The van der Waals surface area contributed by atoms with Crippen molar-refractivity contribution in [3.8, 4) is 5.75 Å². The van der Waals surface area contributed by atoms with Crippen molar-refractivity contribution in [3.63, 3.8) is 0 Å². The van der Waals surface area contributed by atoms with Crippen molar-refractivity contribution >= 4 is 11.8 Å². The van der Waals surface area contributed by atoms with Gasteiger partial charge in [0, 0.05) is 29.9 Å². The van der Waals surface area contributed by atoms with Gasteiger partial charge in [0.05, 0.1) is 12.8 Å². The van der Waals surface area contributed by atoms with Crippen molar-refractivity contribution in [1.29, 1.82) is 0 Å². The van der Waals surface area contributed by atoms with E-state index < -0.39 is 0 Å². The fourth-order valence-corrected chi connectivity index (χ4v) is 2.84. The van der Waals surface area contributed by atoms with Gasteiger partial charge in [-0.3, -0.25) is 4.98 Å². The van der Waals surface area contributed by atoms with Gasteiger partial charge in [-0.15, -0.1) is 0 Å². The standard InChI is InChI=1S/C15H26N2OS/c1-6-19-8-7-12(3)16-10-14-13(4)15(18-5)11(2)9-17-14/h9,12,16H,6-8,10H2,1-5H3. The van der Waals surface area contributed by atoms with Crippen LogP contribution in [0.15, 0.2) is 6.20 Å². The number of pyridine rings is 1. The number of aryl methyl sites for hydroxylation is 1. The molecule has 3 nitrogen and oxygen atoms in total. The maximum atomic E-state index is 5.43. The van der Waals surface area contributed by atoms with Crippen LogP contribution in [0.1, 0.15) is 37.1 Å². The Kier molecular flexibility index (Phi) is 7.24. The minimum Gasteiger partial charge on any atom is -0.496 e. The van der Waals surface area contributed by atoms with Gasteiger partial charge in [0.15, 0.2) is 0 Å². The van der Waals surface area contributed by atoms with Gasteiger partial charge < -0.3 is 10.1 Å². The summed E-state index contributed by atoms with van der Waals surface area (Å²) in [7, 11) is 1.72. The van der Waals surface area contributed by atoms with E-state index >= 15 is 0 Å². The quantitative estimate of drug-likeness (QED) is 0.742. The Bertz CT molecular complexity index is 396. The van der Waals surface area contributed by atoms with Crippen LogP contribution >= 0.6 is 11.8 Å². The zero-order valence-electron chi connectivity index (χ0n) is 12.7. The molecule has 108 valence electrons. The second kappa shape index (κ2) is 8.43. The minimum absolute atomic E-state index is 0.521. The summed E-state index contributed by atoms with van der Waals surface area (Å²) in [6.45, 7) is 9.35. The van der Waals surface area contributed by atoms with Crippen LogP contribution in [0, 0.1) is 13.8 Å². The predicted molar refractivity (Wildman–Crippen MR) is 84.2 cm³/mol. The van der Waals surface area contributed by atoms with Crippen LogP contribution in [-0.4, -0.2) is 29.6 Å². The fraction of sp³-hybridized carbons (Fsp3) is 0.667. The molecule has 4 heteroatoms. The first-order valence-corrected chi connectivity index (χ1v) is 8.05. The van der Waals surface area contributed by atoms with Gasteiger partial charge in [-0.25, -0.2) is 0 Å². The smallest absolute Gasteiger partial charge is 0.128 e. The van der Waals surface area contributed by atoms with Crippen LogP contribution in [0.3, 0.4) is 0 Å². The lowest BCUT2D eigenvalue weighted by molar-refractivity contribution is 0.406. The third kappa shape index (κ3) is 5.03. The number of ether oxygens (including phenoxy) is 1. The van der Waals surface area contributed by atoms with Crippen LogP contribution < -0.4 is 10.1 Å². The van der Waals surface area contributed by atoms with Crippen LogP contribution in [-0.2, 0) is 6.54 Å². The zero-order valence-corrected chi connectivity index (χ0v) is 13.6. The summed E-state index contributed by atoms with van der Waals surface area (Å²) in [4.78, 5) is 4.51. The average Bonchev–Trinajstić information content (AvgIpc) is 2.39. The van der Waals surface area contributed by atoms with E-state index in [-0.39, 0.29) is 0 Å². The number of hydrogen-bond donors (Lipinski definition) is 1. The largest absolute Gasteiger partial charge is 0.496 e.